The molecule has 2 saturated carbocycles. The van der Waals surface area contributed by atoms with Gasteiger partial charge in [0.15, 0.2) is 0 Å². The number of aromatic nitrogens is 1. The molecule has 2 aliphatic carbocycles. The Hall–Kier alpha value is -1.95. The van der Waals surface area contributed by atoms with Crippen molar-refractivity contribution in [2.75, 3.05) is 13.1 Å². The first-order valence-corrected chi connectivity index (χ1v) is 12.5. The number of pyridine rings is 1. The molecular formula is C26H39N3O3. The number of likely N-dealkylation sites (tertiary alicyclic amines) is 1. The molecule has 0 bridgehead atoms. The fraction of sp³-hybridized carbons (Fsp3) is 0.731. The van der Waals surface area contributed by atoms with Crippen LogP contribution in [-0.4, -0.2) is 52.0 Å². The highest BCUT2D eigenvalue weighted by atomic mass is 16.3. The number of rotatable bonds is 4. The minimum absolute atomic E-state index is 0.00378. The molecule has 1 aliphatic heterocycles. The van der Waals surface area contributed by atoms with Crippen LogP contribution in [0.2, 0.25) is 0 Å². The summed E-state index contributed by atoms with van der Waals surface area (Å²) in [6.07, 6.45) is 8.29. The van der Waals surface area contributed by atoms with E-state index in [1.165, 1.54) is 6.42 Å². The van der Waals surface area contributed by atoms with Gasteiger partial charge in [0.2, 0.25) is 5.91 Å². The number of aliphatic hydroxyl groups is 1. The molecule has 6 heteroatoms. The van der Waals surface area contributed by atoms with Crippen molar-refractivity contribution in [3.63, 3.8) is 0 Å². The summed E-state index contributed by atoms with van der Waals surface area (Å²) in [6, 6.07) is 5.35. The van der Waals surface area contributed by atoms with E-state index in [1.807, 2.05) is 17.9 Å². The van der Waals surface area contributed by atoms with E-state index < -0.39 is 6.10 Å². The normalized spacial score (nSPS) is 36.1. The Balaban J connectivity index is 1.47. The number of hydrogen-bond donors (Lipinski definition) is 2. The highest BCUT2D eigenvalue weighted by Crippen LogP contribution is 2.55. The maximum atomic E-state index is 13.2. The van der Waals surface area contributed by atoms with Gasteiger partial charge in [0, 0.05) is 31.2 Å². The monoisotopic (exact) mass is 441 g/mol. The summed E-state index contributed by atoms with van der Waals surface area (Å²) in [5, 5.41) is 14.8. The van der Waals surface area contributed by atoms with Crippen molar-refractivity contribution in [3.8, 4) is 0 Å². The lowest BCUT2D eigenvalue weighted by atomic mass is 9.51. The summed E-state index contributed by atoms with van der Waals surface area (Å²) in [5.74, 6) is 0.0815. The van der Waals surface area contributed by atoms with Gasteiger partial charge in [-0.05, 0) is 80.2 Å². The van der Waals surface area contributed by atoms with Gasteiger partial charge in [0.05, 0.1) is 6.10 Å². The van der Waals surface area contributed by atoms with E-state index in [4.69, 9.17) is 0 Å². The zero-order chi connectivity index (χ0) is 22.9. The fourth-order valence-corrected chi connectivity index (χ4v) is 6.82. The van der Waals surface area contributed by atoms with Gasteiger partial charge >= 0.3 is 0 Å². The van der Waals surface area contributed by atoms with E-state index in [0.29, 0.717) is 5.69 Å². The van der Waals surface area contributed by atoms with Crippen molar-refractivity contribution >= 4 is 11.8 Å². The lowest BCUT2D eigenvalue weighted by Crippen LogP contribution is -2.58. The Morgan fingerprint density at radius 1 is 1.19 bits per heavy atom. The van der Waals surface area contributed by atoms with Crippen LogP contribution in [0.1, 0.15) is 76.2 Å². The lowest BCUT2D eigenvalue weighted by molar-refractivity contribution is -0.150. The molecule has 0 radical (unpaired) electrons. The molecule has 176 valence electrons. The van der Waals surface area contributed by atoms with Crippen molar-refractivity contribution in [3.05, 3.63) is 30.1 Å². The van der Waals surface area contributed by atoms with E-state index in [0.717, 1.165) is 51.6 Å². The Morgan fingerprint density at radius 2 is 1.91 bits per heavy atom. The minimum Gasteiger partial charge on any atom is -0.392 e. The summed E-state index contributed by atoms with van der Waals surface area (Å²) >= 11 is 0. The maximum absolute atomic E-state index is 13.2. The molecule has 3 aliphatic rings. The molecule has 6 nitrogen and oxygen atoms in total. The van der Waals surface area contributed by atoms with Crippen LogP contribution in [0.15, 0.2) is 24.4 Å². The van der Waals surface area contributed by atoms with Crippen LogP contribution in [-0.2, 0) is 4.79 Å². The Kier molecular flexibility index (Phi) is 6.89. The average molecular weight is 442 g/mol. The molecule has 3 fully saturated rings. The molecule has 0 spiro atoms. The molecule has 1 aromatic rings. The number of carbonyl (C=O) groups excluding carboxylic acids is 2. The van der Waals surface area contributed by atoms with Gasteiger partial charge in [0.25, 0.3) is 5.91 Å². The summed E-state index contributed by atoms with van der Waals surface area (Å²) in [4.78, 5) is 32.1. The first-order chi connectivity index (χ1) is 15.3. The van der Waals surface area contributed by atoms with Crippen LogP contribution < -0.4 is 5.32 Å². The Labute approximate surface area is 192 Å². The number of aliphatic hydroxyl groups excluding tert-OH is 1. The lowest BCUT2D eigenvalue weighted by Gasteiger charge is -2.56. The molecule has 7 atom stereocenters. The number of hydrogen-bond acceptors (Lipinski definition) is 4. The Morgan fingerprint density at radius 3 is 2.59 bits per heavy atom. The van der Waals surface area contributed by atoms with Gasteiger partial charge in [-0.3, -0.25) is 14.6 Å². The van der Waals surface area contributed by atoms with E-state index in [1.54, 1.807) is 18.3 Å². The highest BCUT2D eigenvalue weighted by Gasteiger charge is 2.54. The largest absolute Gasteiger partial charge is 0.392 e. The second-order valence-electron chi connectivity index (χ2n) is 10.7. The average Bonchev–Trinajstić information content (AvgIpc) is 2.81. The first kappa shape index (κ1) is 23.2. The van der Waals surface area contributed by atoms with Crippen LogP contribution in [0.25, 0.3) is 0 Å². The fourth-order valence-electron chi connectivity index (χ4n) is 6.82. The molecule has 32 heavy (non-hydrogen) atoms. The van der Waals surface area contributed by atoms with Crippen LogP contribution in [0.3, 0.4) is 0 Å². The smallest absolute Gasteiger partial charge is 0.270 e. The van der Waals surface area contributed by atoms with Gasteiger partial charge < -0.3 is 15.3 Å². The molecule has 2 heterocycles. The van der Waals surface area contributed by atoms with E-state index in [2.05, 4.69) is 24.1 Å². The molecule has 2 amide bonds. The highest BCUT2D eigenvalue weighted by molar-refractivity contribution is 5.92. The van der Waals surface area contributed by atoms with Gasteiger partial charge in [0.1, 0.15) is 5.69 Å². The van der Waals surface area contributed by atoms with E-state index in [-0.39, 0.29) is 46.9 Å². The zero-order valence-corrected chi connectivity index (χ0v) is 19.8. The number of piperidine rings is 1. The van der Waals surface area contributed by atoms with Crippen molar-refractivity contribution in [1.29, 1.82) is 0 Å². The Bertz CT molecular complexity index is 810. The number of fused-ring (bicyclic) bond motifs is 1. The SMILES string of the molecule is C[C@@H]1[C@@H]2[C@@H](O)[C@H]([C@H](C)C(=O)N3CCCCC3)CC[C@]2(C)CC[C@@H]1NC(=O)c1ccccn1. The third-order valence-corrected chi connectivity index (χ3v) is 8.80. The van der Waals surface area contributed by atoms with Crippen LogP contribution >= 0.6 is 0 Å². The maximum Gasteiger partial charge on any atom is 0.270 e. The predicted molar refractivity (Wildman–Crippen MR) is 124 cm³/mol. The number of carbonyl (C=O) groups is 2. The topological polar surface area (TPSA) is 82.5 Å². The molecule has 0 aromatic carbocycles. The van der Waals surface area contributed by atoms with E-state index >= 15 is 0 Å². The summed E-state index contributed by atoms with van der Waals surface area (Å²) in [7, 11) is 0. The molecule has 1 aromatic heterocycles. The van der Waals surface area contributed by atoms with Crippen molar-refractivity contribution in [2.45, 2.75) is 77.9 Å². The quantitative estimate of drug-likeness (QED) is 0.747. The third-order valence-electron chi connectivity index (χ3n) is 8.80. The van der Waals surface area contributed by atoms with Crippen LogP contribution in [0.4, 0.5) is 0 Å². The molecule has 2 N–H and O–H groups in total. The van der Waals surface area contributed by atoms with Crippen molar-refractivity contribution in [1.82, 2.24) is 15.2 Å². The minimum atomic E-state index is -0.526. The summed E-state index contributed by atoms with van der Waals surface area (Å²) in [5.41, 5.74) is 0.478. The van der Waals surface area contributed by atoms with Gasteiger partial charge in [-0.1, -0.05) is 26.8 Å². The summed E-state index contributed by atoms with van der Waals surface area (Å²) < 4.78 is 0. The second-order valence-corrected chi connectivity index (χ2v) is 10.7. The first-order valence-electron chi connectivity index (χ1n) is 12.5. The zero-order valence-electron chi connectivity index (χ0n) is 19.8. The van der Waals surface area contributed by atoms with Gasteiger partial charge in [-0.25, -0.2) is 0 Å². The van der Waals surface area contributed by atoms with Crippen LogP contribution in [0, 0.1) is 29.1 Å². The van der Waals surface area contributed by atoms with Crippen molar-refractivity contribution in [2.24, 2.45) is 29.1 Å². The number of amides is 2. The predicted octanol–water partition coefficient (Wildman–Crippen LogP) is 3.65. The molecule has 4 rings (SSSR count). The second kappa shape index (κ2) is 9.50. The van der Waals surface area contributed by atoms with E-state index in [9.17, 15) is 14.7 Å². The van der Waals surface area contributed by atoms with Crippen molar-refractivity contribution < 1.29 is 14.7 Å². The number of nitrogens with one attached hydrogen (secondary N) is 1. The third kappa shape index (κ3) is 4.43. The number of nitrogens with zero attached hydrogens (tertiary/aromatic N) is 2. The van der Waals surface area contributed by atoms with Crippen LogP contribution in [0.5, 0.6) is 0 Å². The molecular weight excluding hydrogens is 402 g/mol. The molecule has 0 unspecified atom stereocenters. The summed E-state index contributed by atoms with van der Waals surface area (Å²) in [6.45, 7) is 8.17. The van der Waals surface area contributed by atoms with Gasteiger partial charge in [-0.2, -0.15) is 0 Å². The van der Waals surface area contributed by atoms with Gasteiger partial charge in [-0.15, -0.1) is 0 Å². The molecule has 1 saturated heterocycles. The standard InChI is InChI=1S/C26H39N3O3/c1-17(25(32)29-15-7-4-8-16-29)19-10-12-26(3)13-11-20(18(2)22(26)23(19)30)28-24(31)21-9-5-6-14-27-21/h5-6,9,14,17-20,22-23,30H,4,7-8,10-13,15-16H2,1-3H3,(H,28,31)/t17-,18-,19-,20-,22+,23-,26+/m0/s1.